The van der Waals surface area contributed by atoms with E-state index in [4.69, 9.17) is 0 Å². The maximum atomic E-state index is 13.7. The Morgan fingerprint density at radius 2 is 1.61 bits per heavy atom. The van der Waals surface area contributed by atoms with Crippen LogP contribution >= 0.6 is 0 Å². The molecule has 2 rings (SSSR count). The third kappa shape index (κ3) is 4.38. The average Bonchev–Trinajstić information content (AvgIpc) is 2.66. The van der Waals surface area contributed by atoms with Crippen LogP contribution in [-0.2, 0) is 4.79 Å². The lowest BCUT2D eigenvalue weighted by atomic mass is 10.1. The van der Waals surface area contributed by atoms with Crippen LogP contribution in [0.1, 0.15) is 32.3 Å². The van der Waals surface area contributed by atoms with E-state index in [1.54, 1.807) is 5.43 Å². The van der Waals surface area contributed by atoms with Crippen molar-refractivity contribution in [3.8, 4) is 5.75 Å². The molecule has 0 aliphatic rings. The SMILES string of the molecule is CCCC(=O)Nc1ccc(O)c(/C(C)=N/Nc2c(F)c(F)c(F)c(F)c2F)c1. The van der Waals surface area contributed by atoms with Gasteiger partial charge in [0.25, 0.3) is 0 Å². The summed E-state index contributed by atoms with van der Waals surface area (Å²) in [6.45, 7) is 3.15. The standard InChI is InChI=1S/C18H16F5N3O2/c1-3-4-12(28)24-9-5-6-11(27)10(7-9)8(2)25-26-18-16(22)14(20)13(19)15(21)17(18)23/h5-7,26-27H,3-4H2,1-2H3,(H,24,28)/b25-8+. The molecule has 28 heavy (non-hydrogen) atoms. The molecular formula is C18H16F5N3O2. The summed E-state index contributed by atoms with van der Waals surface area (Å²) in [5, 5.41) is 16.1. The number of hydrogen-bond acceptors (Lipinski definition) is 4. The highest BCUT2D eigenvalue weighted by Crippen LogP contribution is 2.28. The summed E-state index contributed by atoms with van der Waals surface area (Å²) in [6.07, 6.45) is 0.911. The van der Waals surface area contributed by atoms with E-state index in [-0.39, 0.29) is 29.4 Å². The van der Waals surface area contributed by atoms with Crippen LogP contribution < -0.4 is 10.7 Å². The number of hydrazone groups is 1. The minimum Gasteiger partial charge on any atom is -0.507 e. The van der Waals surface area contributed by atoms with Gasteiger partial charge in [0.2, 0.25) is 11.7 Å². The van der Waals surface area contributed by atoms with Crippen LogP contribution in [0, 0.1) is 29.1 Å². The van der Waals surface area contributed by atoms with Gasteiger partial charge >= 0.3 is 0 Å². The Morgan fingerprint density at radius 3 is 2.18 bits per heavy atom. The second-order valence-corrected chi connectivity index (χ2v) is 5.78. The number of benzene rings is 2. The number of rotatable bonds is 6. The summed E-state index contributed by atoms with van der Waals surface area (Å²) in [6, 6.07) is 4.04. The fourth-order valence-electron chi connectivity index (χ4n) is 2.26. The number of phenolic OH excluding ortho intramolecular Hbond substituents is 1. The molecule has 2 aromatic carbocycles. The molecule has 0 fully saturated rings. The summed E-state index contributed by atoms with van der Waals surface area (Å²) < 4.78 is 66.8. The highest BCUT2D eigenvalue weighted by atomic mass is 19.2. The van der Waals surface area contributed by atoms with Crippen molar-refractivity contribution >= 4 is 23.0 Å². The van der Waals surface area contributed by atoms with Crippen LogP contribution in [0.4, 0.5) is 33.3 Å². The minimum atomic E-state index is -2.28. The maximum absolute atomic E-state index is 13.7. The van der Waals surface area contributed by atoms with Gasteiger partial charge in [0, 0.05) is 17.7 Å². The fraction of sp³-hybridized carbons (Fsp3) is 0.222. The average molecular weight is 401 g/mol. The Labute approximate surface area is 156 Å². The molecule has 0 unspecified atom stereocenters. The third-order valence-electron chi connectivity index (χ3n) is 3.69. The Balaban J connectivity index is 2.33. The molecule has 1 amide bonds. The van der Waals surface area contributed by atoms with Crippen molar-refractivity contribution in [2.24, 2.45) is 5.10 Å². The largest absolute Gasteiger partial charge is 0.507 e. The Hall–Kier alpha value is -3.17. The summed E-state index contributed by atoms with van der Waals surface area (Å²) >= 11 is 0. The van der Waals surface area contributed by atoms with E-state index in [1.165, 1.54) is 25.1 Å². The molecule has 0 aliphatic heterocycles. The van der Waals surface area contributed by atoms with E-state index in [0.29, 0.717) is 12.1 Å². The number of anilines is 2. The van der Waals surface area contributed by atoms with Gasteiger partial charge in [-0.2, -0.15) is 5.10 Å². The number of carbonyl (C=O) groups is 1. The van der Waals surface area contributed by atoms with E-state index in [1.807, 2.05) is 6.92 Å². The zero-order valence-corrected chi connectivity index (χ0v) is 14.8. The highest BCUT2D eigenvalue weighted by Gasteiger charge is 2.25. The number of nitrogens with zero attached hydrogens (tertiary/aromatic N) is 1. The van der Waals surface area contributed by atoms with Gasteiger partial charge in [0.05, 0.1) is 5.71 Å². The summed E-state index contributed by atoms with van der Waals surface area (Å²) in [5.74, 6) is -11.2. The molecule has 10 heteroatoms. The number of aromatic hydroxyl groups is 1. The molecule has 3 N–H and O–H groups in total. The van der Waals surface area contributed by atoms with Crippen LogP contribution in [0.3, 0.4) is 0 Å². The molecule has 0 heterocycles. The van der Waals surface area contributed by atoms with Crippen molar-refractivity contribution in [2.45, 2.75) is 26.7 Å². The van der Waals surface area contributed by atoms with Gasteiger partial charge in [0.1, 0.15) is 11.4 Å². The summed E-state index contributed by atoms with van der Waals surface area (Å²) in [7, 11) is 0. The maximum Gasteiger partial charge on any atom is 0.224 e. The van der Waals surface area contributed by atoms with Gasteiger partial charge in [0.15, 0.2) is 23.3 Å². The highest BCUT2D eigenvalue weighted by molar-refractivity contribution is 6.03. The van der Waals surface area contributed by atoms with Gasteiger partial charge in [-0.15, -0.1) is 0 Å². The molecule has 0 saturated heterocycles. The van der Waals surface area contributed by atoms with E-state index in [2.05, 4.69) is 10.4 Å². The second-order valence-electron chi connectivity index (χ2n) is 5.78. The number of amides is 1. The first-order valence-corrected chi connectivity index (χ1v) is 8.12. The zero-order chi connectivity index (χ0) is 21.0. The molecule has 2 aromatic rings. The molecule has 0 spiro atoms. The first kappa shape index (κ1) is 21.1. The Bertz CT molecular complexity index is 918. The summed E-state index contributed by atoms with van der Waals surface area (Å²) in [5.41, 5.74) is 0.829. The van der Waals surface area contributed by atoms with E-state index >= 15 is 0 Å². The topological polar surface area (TPSA) is 73.7 Å². The normalized spacial score (nSPS) is 11.5. The number of carbonyl (C=O) groups excluding carboxylic acids is 1. The first-order valence-electron chi connectivity index (χ1n) is 8.12. The van der Waals surface area contributed by atoms with Gasteiger partial charge in [-0.3, -0.25) is 10.2 Å². The van der Waals surface area contributed by atoms with Gasteiger partial charge in [-0.25, -0.2) is 22.0 Å². The smallest absolute Gasteiger partial charge is 0.224 e. The molecule has 0 aliphatic carbocycles. The van der Waals surface area contributed by atoms with Crippen LogP contribution in [-0.4, -0.2) is 16.7 Å². The molecule has 0 saturated carbocycles. The van der Waals surface area contributed by atoms with Crippen molar-refractivity contribution in [3.05, 3.63) is 52.8 Å². The van der Waals surface area contributed by atoms with Gasteiger partial charge < -0.3 is 10.4 Å². The molecule has 150 valence electrons. The predicted molar refractivity (Wildman–Crippen MR) is 93.7 cm³/mol. The zero-order valence-electron chi connectivity index (χ0n) is 14.8. The van der Waals surface area contributed by atoms with Crippen molar-refractivity contribution in [1.29, 1.82) is 0 Å². The van der Waals surface area contributed by atoms with Crippen LogP contribution in [0.15, 0.2) is 23.3 Å². The quantitative estimate of drug-likeness (QED) is 0.165. The molecule has 0 bridgehead atoms. The second kappa shape index (κ2) is 8.68. The number of phenols is 1. The predicted octanol–water partition coefficient (Wildman–Crippen LogP) is 4.66. The Kier molecular flexibility index (Phi) is 6.55. The van der Waals surface area contributed by atoms with Crippen LogP contribution in [0.5, 0.6) is 5.75 Å². The molecule has 0 aromatic heterocycles. The minimum absolute atomic E-state index is 0.0342. The first-order chi connectivity index (χ1) is 13.2. The van der Waals surface area contributed by atoms with Gasteiger partial charge in [-0.05, 0) is 31.5 Å². The van der Waals surface area contributed by atoms with Crippen LogP contribution in [0.2, 0.25) is 0 Å². The molecule has 5 nitrogen and oxygen atoms in total. The number of nitrogens with one attached hydrogen (secondary N) is 2. The van der Waals surface area contributed by atoms with Crippen molar-refractivity contribution < 1.29 is 31.9 Å². The monoisotopic (exact) mass is 401 g/mol. The van der Waals surface area contributed by atoms with Crippen molar-refractivity contribution in [1.82, 2.24) is 0 Å². The Morgan fingerprint density at radius 1 is 1.04 bits per heavy atom. The molecular weight excluding hydrogens is 385 g/mol. The number of halogens is 5. The van der Waals surface area contributed by atoms with Crippen molar-refractivity contribution in [2.75, 3.05) is 10.7 Å². The molecule has 0 radical (unpaired) electrons. The van der Waals surface area contributed by atoms with E-state index < -0.39 is 34.8 Å². The third-order valence-corrected chi connectivity index (χ3v) is 3.69. The van der Waals surface area contributed by atoms with Crippen molar-refractivity contribution in [3.63, 3.8) is 0 Å². The fourth-order valence-corrected chi connectivity index (χ4v) is 2.26. The van der Waals surface area contributed by atoms with Gasteiger partial charge in [-0.1, -0.05) is 6.92 Å². The lowest BCUT2D eigenvalue weighted by Crippen LogP contribution is -2.11. The lowest BCUT2D eigenvalue weighted by molar-refractivity contribution is -0.116. The lowest BCUT2D eigenvalue weighted by Gasteiger charge is -2.11. The summed E-state index contributed by atoms with van der Waals surface area (Å²) in [4.78, 5) is 11.7. The van der Waals surface area contributed by atoms with E-state index in [0.717, 1.165) is 0 Å². The van der Waals surface area contributed by atoms with E-state index in [9.17, 15) is 31.9 Å². The number of hydrogen-bond donors (Lipinski definition) is 3. The van der Waals surface area contributed by atoms with Crippen LogP contribution in [0.25, 0.3) is 0 Å². The molecule has 0 atom stereocenters.